The molecule has 33 heavy (non-hydrogen) atoms. The smallest absolute Gasteiger partial charge is 0.150 e. The van der Waals surface area contributed by atoms with Crippen LogP contribution in [0, 0.1) is 0 Å². The quantitative estimate of drug-likeness (QED) is 0.308. The molecule has 0 aliphatic rings. The lowest BCUT2D eigenvalue weighted by molar-refractivity contribution is 0.111. The predicted octanol–water partition coefficient (Wildman–Crippen LogP) is 6.83. The van der Waals surface area contributed by atoms with Crippen molar-refractivity contribution in [2.75, 3.05) is 4.90 Å². The van der Waals surface area contributed by atoms with Crippen molar-refractivity contribution in [3.05, 3.63) is 119 Å². The Morgan fingerprint density at radius 1 is 0.667 bits per heavy atom. The fourth-order valence-electron chi connectivity index (χ4n) is 3.91. The molecule has 0 aliphatic carbocycles. The van der Waals surface area contributed by atoms with Gasteiger partial charge < -0.3 is 10.0 Å². The molecule has 0 aromatic heterocycles. The molecule has 1 N–H and O–H groups in total. The Morgan fingerprint density at radius 3 is 1.52 bits per heavy atom. The number of carbonyl (C=O) groups excluding carboxylic acids is 2. The maximum atomic E-state index is 11.1. The third-order valence-electron chi connectivity index (χ3n) is 5.77. The minimum Gasteiger partial charge on any atom is -0.508 e. The minimum absolute atomic E-state index is 0.276. The standard InChI is InChI=1S/C29H25NO3/c1-21(25-8-16-29(33)17-9-25)18-22-2-10-26(11-3-22)30(27-12-4-23(19-31)5-13-27)28-14-6-24(20-32)7-15-28/h2-17,19-21,33H,18H2,1H3. The van der Waals surface area contributed by atoms with Gasteiger partial charge in [-0.2, -0.15) is 0 Å². The SMILES string of the molecule is CC(Cc1ccc(N(c2ccc(C=O)cc2)c2ccc(C=O)cc2)cc1)c1ccc(O)cc1. The summed E-state index contributed by atoms with van der Waals surface area (Å²) in [6.07, 6.45) is 2.54. The van der Waals surface area contributed by atoms with Crippen molar-refractivity contribution < 1.29 is 14.7 Å². The zero-order valence-corrected chi connectivity index (χ0v) is 18.4. The summed E-state index contributed by atoms with van der Waals surface area (Å²) in [7, 11) is 0. The number of phenolic OH excluding ortho intramolecular Hbond substituents is 1. The lowest BCUT2D eigenvalue weighted by Gasteiger charge is -2.26. The van der Waals surface area contributed by atoms with Crippen LogP contribution in [0.15, 0.2) is 97.1 Å². The topological polar surface area (TPSA) is 57.6 Å². The predicted molar refractivity (Wildman–Crippen MR) is 132 cm³/mol. The molecule has 4 aromatic rings. The van der Waals surface area contributed by atoms with Crippen LogP contribution in [0.3, 0.4) is 0 Å². The van der Waals surface area contributed by atoms with Crippen LogP contribution in [0.2, 0.25) is 0 Å². The van der Waals surface area contributed by atoms with E-state index < -0.39 is 0 Å². The third-order valence-corrected chi connectivity index (χ3v) is 5.77. The highest BCUT2D eigenvalue weighted by molar-refractivity contribution is 5.82. The van der Waals surface area contributed by atoms with E-state index in [2.05, 4.69) is 36.1 Å². The molecule has 4 heteroatoms. The fourth-order valence-corrected chi connectivity index (χ4v) is 3.91. The summed E-state index contributed by atoms with van der Waals surface area (Å²) >= 11 is 0. The molecule has 164 valence electrons. The molecule has 0 aliphatic heterocycles. The summed E-state index contributed by atoms with van der Waals surface area (Å²) in [6.45, 7) is 2.18. The van der Waals surface area contributed by atoms with E-state index in [4.69, 9.17) is 0 Å². The fraction of sp³-hybridized carbons (Fsp3) is 0.103. The molecular formula is C29H25NO3. The van der Waals surface area contributed by atoms with Crippen molar-refractivity contribution in [3.8, 4) is 5.75 Å². The highest BCUT2D eigenvalue weighted by Crippen LogP contribution is 2.35. The van der Waals surface area contributed by atoms with Gasteiger partial charge in [-0.15, -0.1) is 0 Å². The van der Waals surface area contributed by atoms with Crippen molar-refractivity contribution in [2.24, 2.45) is 0 Å². The van der Waals surface area contributed by atoms with Crippen molar-refractivity contribution in [3.63, 3.8) is 0 Å². The number of aromatic hydroxyl groups is 1. The molecule has 0 saturated heterocycles. The van der Waals surface area contributed by atoms with Crippen molar-refractivity contribution in [1.82, 2.24) is 0 Å². The second kappa shape index (κ2) is 9.96. The Bertz CT molecular complexity index is 1160. The first-order chi connectivity index (χ1) is 16.1. The monoisotopic (exact) mass is 435 g/mol. The zero-order chi connectivity index (χ0) is 23.2. The number of phenols is 1. The van der Waals surface area contributed by atoms with E-state index in [1.807, 2.05) is 36.4 Å². The van der Waals surface area contributed by atoms with Gasteiger partial charge in [0, 0.05) is 28.2 Å². The summed E-state index contributed by atoms with van der Waals surface area (Å²) in [5.41, 5.74) is 6.46. The molecule has 4 nitrogen and oxygen atoms in total. The molecule has 1 unspecified atom stereocenters. The van der Waals surface area contributed by atoms with Gasteiger partial charge in [0.1, 0.15) is 18.3 Å². The first kappa shape index (κ1) is 22.0. The van der Waals surface area contributed by atoms with Crippen molar-refractivity contribution in [2.45, 2.75) is 19.3 Å². The van der Waals surface area contributed by atoms with Crippen LogP contribution in [0.5, 0.6) is 5.75 Å². The number of carbonyl (C=O) groups is 2. The lowest BCUT2D eigenvalue weighted by Crippen LogP contribution is -2.10. The zero-order valence-electron chi connectivity index (χ0n) is 18.4. The van der Waals surface area contributed by atoms with E-state index in [1.54, 1.807) is 36.4 Å². The summed E-state index contributed by atoms with van der Waals surface area (Å²) < 4.78 is 0. The largest absolute Gasteiger partial charge is 0.508 e. The van der Waals surface area contributed by atoms with E-state index in [0.717, 1.165) is 36.1 Å². The highest BCUT2D eigenvalue weighted by atomic mass is 16.3. The van der Waals surface area contributed by atoms with Crippen LogP contribution in [-0.4, -0.2) is 17.7 Å². The molecule has 0 fully saturated rings. The van der Waals surface area contributed by atoms with E-state index in [-0.39, 0.29) is 5.75 Å². The van der Waals surface area contributed by atoms with Crippen LogP contribution in [0.1, 0.15) is 44.7 Å². The number of nitrogens with zero attached hydrogens (tertiary/aromatic N) is 1. The summed E-state index contributed by atoms with van der Waals surface area (Å²) in [5.74, 6) is 0.595. The number of benzene rings is 4. The first-order valence-corrected chi connectivity index (χ1v) is 10.9. The molecule has 0 bridgehead atoms. The number of anilines is 3. The van der Waals surface area contributed by atoms with Crippen LogP contribution in [-0.2, 0) is 6.42 Å². The maximum Gasteiger partial charge on any atom is 0.150 e. The van der Waals surface area contributed by atoms with E-state index >= 15 is 0 Å². The second-order valence-corrected chi connectivity index (χ2v) is 8.12. The van der Waals surface area contributed by atoms with E-state index in [1.165, 1.54) is 11.1 Å². The average Bonchev–Trinajstić information content (AvgIpc) is 2.86. The molecule has 4 aromatic carbocycles. The van der Waals surface area contributed by atoms with Gasteiger partial charge in [0.05, 0.1) is 0 Å². The molecule has 0 heterocycles. The number of rotatable bonds is 8. The van der Waals surface area contributed by atoms with Crippen LogP contribution >= 0.6 is 0 Å². The Morgan fingerprint density at radius 2 is 1.09 bits per heavy atom. The van der Waals surface area contributed by atoms with Gasteiger partial charge in [-0.25, -0.2) is 0 Å². The number of hydrogen-bond donors (Lipinski definition) is 1. The van der Waals surface area contributed by atoms with E-state index in [0.29, 0.717) is 17.0 Å². The number of aldehydes is 2. The Labute approximate surface area is 193 Å². The normalized spacial score (nSPS) is 11.5. The van der Waals surface area contributed by atoms with Gasteiger partial charge >= 0.3 is 0 Å². The summed E-state index contributed by atoms with van der Waals surface area (Å²) in [4.78, 5) is 24.3. The van der Waals surface area contributed by atoms with Gasteiger partial charge in [0.15, 0.2) is 0 Å². The highest BCUT2D eigenvalue weighted by Gasteiger charge is 2.13. The van der Waals surface area contributed by atoms with Crippen LogP contribution in [0.4, 0.5) is 17.1 Å². The lowest BCUT2D eigenvalue weighted by atomic mass is 9.93. The summed E-state index contributed by atoms with van der Waals surface area (Å²) in [5, 5.41) is 9.52. The first-order valence-electron chi connectivity index (χ1n) is 10.9. The van der Waals surface area contributed by atoms with Gasteiger partial charge in [0.25, 0.3) is 0 Å². The molecule has 0 radical (unpaired) electrons. The molecule has 0 spiro atoms. The van der Waals surface area contributed by atoms with Crippen molar-refractivity contribution >= 4 is 29.6 Å². The Hall–Kier alpha value is -4.18. The molecule has 0 amide bonds. The van der Waals surface area contributed by atoms with Crippen LogP contribution < -0.4 is 4.90 Å². The third kappa shape index (κ3) is 5.18. The van der Waals surface area contributed by atoms with E-state index in [9.17, 15) is 14.7 Å². The molecule has 4 rings (SSSR count). The minimum atomic E-state index is 0.276. The average molecular weight is 436 g/mol. The maximum absolute atomic E-state index is 11.1. The van der Waals surface area contributed by atoms with Crippen molar-refractivity contribution in [1.29, 1.82) is 0 Å². The van der Waals surface area contributed by atoms with Gasteiger partial charge in [-0.05, 0) is 96.3 Å². The van der Waals surface area contributed by atoms with Gasteiger partial charge in [0.2, 0.25) is 0 Å². The Balaban J connectivity index is 1.62. The molecule has 0 saturated carbocycles. The number of hydrogen-bond acceptors (Lipinski definition) is 4. The van der Waals surface area contributed by atoms with Crippen LogP contribution in [0.25, 0.3) is 0 Å². The molecule has 1 atom stereocenters. The second-order valence-electron chi connectivity index (χ2n) is 8.12. The summed E-state index contributed by atoms with van der Waals surface area (Å²) in [6, 6.07) is 30.6. The van der Waals surface area contributed by atoms with Gasteiger partial charge in [-0.1, -0.05) is 31.2 Å². The van der Waals surface area contributed by atoms with Gasteiger partial charge in [-0.3, -0.25) is 9.59 Å². The Kier molecular flexibility index (Phi) is 6.65. The molecular weight excluding hydrogens is 410 g/mol.